The van der Waals surface area contributed by atoms with Gasteiger partial charge in [0.25, 0.3) is 0 Å². The van der Waals surface area contributed by atoms with Crippen LogP contribution in [-0.4, -0.2) is 18.6 Å². The third kappa shape index (κ3) is 4.06. The molecule has 0 aliphatic heterocycles. The number of hydrogen-bond donors (Lipinski definition) is 1. The van der Waals surface area contributed by atoms with Gasteiger partial charge in [-0.1, -0.05) is 25.1 Å². The lowest BCUT2D eigenvalue weighted by atomic mass is 10.0. The summed E-state index contributed by atoms with van der Waals surface area (Å²) in [6.45, 7) is 2.86. The summed E-state index contributed by atoms with van der Waals surface area (Å²) in [5.41, 5.74) is 7.16. The predicted octanol–water partition coefficient (Wildman–Crippen LogP) is 3.23. The smallest absolute Gasteiger partial charge is 0.124 e. The molecule has 0 fully saturated rings. The van der Waals surface area contributed by atoms with Crippen molar-refractivity contribution in [3.8, 4) is 5.75 Å². The minimum Gasteiger partial charge on any atom is -0.493 e. The molecule has 2 nitrogen and oxygen atoms in total. The zero-order valence-electron chi connectivity index (χ0n) is 10.1. The molecule has 1 atom stereocenters. The SMILES string of the molecule is CC[C@@H](N)c1ccccc1OCCCSC. The second-order valence-electron chi connectivity index (χ2n) is 3.75. The van der Waals surface area contributed by atoms with Crippen LogP contribution in [0.4, 0.5) is 0 Å². The van der Waals surface area contributed by atoms with Crippen LogP contribution in [0.25, 0.3) is 0 Å². The van der Waals surface area contributed by atoms with Crippen LogP contribution in [0.2, 0.25) is 0 Å². The van der Waals surface area contributed by atoms with Crippen molar-refractivity contribution >= 4 is 11.8 Å². The minimum absolute atomic E-state index is 0.0803. The van der Waals surface area contributed by atoms with Crippen molar-refractivity contribution in [3.63, 3.8) is 0 Å². The Hall–Kier alpha value is -0.670. The van der Waals surface area contributed by atoms with Gasteiger partial charge < -0.3 is 10.5 Å². The topological polar surface area (TPSA) is 35.2 Å². The summed E-state index contributed by atoms with van der Waals surface area (Å²) in [4.78, 5) is 0. The van der Waals surface area contributed by atoms with E-state index in [2.05, 4.69) is 19.2 Å². The summed E-state index contributed by atoms with van der Waals surface area (Å²) in [5.74, 6) is 2.08. The van der Waals surface area contributed by atoms with E-state index >= 15 is 0 Å². The molecule has 0 unspecified atom stereocenters. The van der Waals surface area contributed by atoms with Crippen molar-refractivity contribution in [1.82, 2.24) is 0 Å². The molecule has 0 saturated heterocycles. The second-order valence-corrected chi connectivity index (χ2v) is 4.73. The average Bonchev–Trinajstić information content (AvgIpc) is 2.34. The molecule has 0 heterocycles. The largest absolute Gasteiger partial charge is 0.493 e. The van der Waals surface area contributed by atoms with Gasteiger partial charge in [-0.3, -0.25) is 0 Å². The second kappa shape index (κ2) is 7.58. The maximum absolute atomic E-state index is 6.04. The quantitative estimate of drug-likeness (QED) is 0.742. The highest BCUT2D eigenvalue weighted by atomic mass is 32.2. The van der Waals surface area contributed by atoms with E-state index in [1.807, 2.05) is 30.0 Å². The highest BCUT2D eigenvalue weighted by molar-refractivity contribution is 7.98. The third-order valence-electron chi connectivity index (χ3n) is 2.51. The Morgan fingerprint density at radius 2 is 2.12 bits per heavy atom. The van der Waals surface area contributed by atoms with Gasteiger partial charge in [0.15, 0.2) is 0 Å². The molecule has 0 bridgehead atoms. The van der Waals surface area contributed by atoms with Crippen LogP contribution in [0.3, 0.4) is 0 Å². The Bertz CT molecular complexity index is 304. The molecule has 0 radical (unpaired) electrons. The number of benzene rings is 1. The monoisotopic (exact) mass is 239 g/mol. The van der Waals surface area contributed by atoms with E-state index in [1.165, 1.54) is 0 Å². The Kier molecular flexibility index (Phi) is 6.34. The number of thioether (sulfide) groups is 1. The maximum Gasteiger partial charge on any atom is 0.124 e. The summed E-state index contributed by atoms with van der Waals surface area (Å²) in [6, 6.07) is 8.15. The summed E-state index contributed by atoms with van der Waals surface area (Å²) in [5, 5.41) is 0. The molecule has 0 aliphatic carbocycles. The van der Waals surface area contributed by atoms with Crippen molar-refractivity contribution < 1.29 is 4.74 Å². The van der Waals surface area contributed by atoms with E-state index < -0.39 is 0 Å². The molecule has 0 aromatic heterocycles. The fraction of sp³-hybridized carbons (Fsp3) is 0.538. The molecule has 1 aromatic rings. The predicted molar refractivity (Wildman–Crippen MR) is 72.2 cm³/mol. The van der Waals surface area contributed by atoms with Crippen LogP contribution in [-0.2, 0) is 0 Å². The average molecular weight is 239 g/mol. The van der Waals surface area contributed by atoms with Crippen molar-refractivity contribution in [2.24, 2.45) is 5.73 Å². The molecular weight excluding hydrogens is 218 g/mol. The number of rotatable bonds is 7. The van der Waals surface area contributed by atoms with Crippen LogP contribution < -0.4 is 10.5 Å². The summed E-state index contributed by atoms with van der Waals surface area (Å²) >= 11 is 1.85. The Morgan fingerprint density at radius 3 is 2.81 bits per heavy atom. The summed E-state index contributed by atoms with van der Waals surface area (Å²) in [7, 11) is 0. The lowest BCUT2D eigenvalue weighted by Gasteiger charge is -2.15. The summed E-state index contributed by atoms with van der Waals surface area (Å²) in [6.07, 6.45) is 4.13. The highest BCUT2D eigenvalue weighted by Gasteiger charge is 2.09. The van der Waals surface area contributed by atoms with Crippen molar-refractivity contribution in [2.75, 3.05) is 18.6 Å². The van der Waals surface area contributed by atoms with Crippen LogP contribution >= 0.6 is 11.8 Å². The number of hydrogen-bond acceptors (Lipinski definition) is 3. The molecule has 1 rings (SSSR count). The number of para-hydroxylation sites is 1. The third-order valence-corrected chi connectivity index (χ3v) is 3.21. The fourth-order valence-corrected chi connectivity index (χ4v) is 1.93. The van der Waals surface area contributed by atoms with Gasteiger partial charge >= 0.3 is 0 Å². The Balaban J connectivity index is 2.57. The van der Waals surface area contributed by atoms with Gasteiger partial charge in [-0.05, 0) is 30.9 Å². The van der Waals surface area contributed by atoms with Crippen molar-refractivity contribution in [3.05, 3.63) is 29.8 Å². The van der Waals surface area contributed by atoms with Gasteiger partial charge in [0.1, 0.15) is 5.75 Å². The molecule has 0 spiro atoms. The van der Waals surface area contributed by atoms with Crippen LogP contribution in [0.15, 0.2) is 24.3 Å². The molecule has 90 valence electrons. The first kappa shape index (κ1) is 13.4. The zero-order valence-corrected chi connectivity index (χ0v) is 10.9. The lowest BCUT2D eigenvalue weighted by Crippen LogP contribution is -2.11. The number of ether oxygens (including phenoxy) is 1. The lowest BCUT2D eigenvalue weighted by molar-refractivity contribution is 0.313. The molecule has 0 saturated carbocycles. The first-order valence-electron chi connectivity index (χ1n) is 5.75. The van der Waals surface area contributed by atoms with E-state index in [0.717, 1.165) is 36.5 Å². The van der Waals surface area contributed by atoms with E-state index in [4.69, 9.17) is 10.5 Å². The van der Waals surface area contributed by atoms with Gasteiger partial charge in [0.2, 0.25) is 0 Å². The van der Waals surface area contributed by atoms with Gasteiger partial charge in [-0.2, -0.15) is 11.8 Å². The first-order chi connectivity index (χ1) is 7.79. The molecule has 0 aliphatic rings. The zero-order chi connectivity index (χ0) is 11.8. The van der Waals surface area contributed by atoms with Crippen molar-refractivity contribution in [2.45, 2.75) is 25.8 Å². The van der Waals surface area contributed by atoms with Gasteiger partial charge in [-0.15, -0.1) is 0 Å². The van der Waals surface area contributed by atoms with E-state index in [0.29, 0.717) is 0 Å². The van der Waals surface area contributed by atoms with E-state index in [-0.39, 0.29) is 6.04 Å². The minimum atomic E-state index is 0.0803. The Labute approximate surface area is 103 Å². The fourth-order valence-electron chi connectivity index (χ4n) is 1.52. The molecule has 16 heavy (non-hydrogen) atoms. The normalized spacial score (nSPS) is 12.4. The molecule has 0 amide bonds. The molecule has 2 N–H and O–H groups in total. The van der Waals surface area contributed by atoms with Crippen LogP contribution in [0.5, 0.6) is 5.75 Å². The highest BCUT2D eigenvalue weighted by Crippen LogP contribution is 2.25. The number of nitrogens with two attached hydrogens (primary N) is 1. The standard InChI is InChI=1S/C13H21NOS/c1-3-12(14)11-7-4-5-8-13(11)15-9-6-10-16-2/h4-5,7-8,12H,3,6,9-10,14H2,1-2H3/t12-/m1/s1. The van der Waals surface area contributed by atoms with Crippen molar-refractivity contribution in [1.29, 1.82) is 0 Å². The molecule has 3 heteroatoms. The van der Waals surface area contributed by atoms with E-state index in [1.54, 1.807) is 0 Å². The Morgan fingerprint density at radius 1 is 1.38 bits per heavy atom. The van der Waals surface area contributed by atoms with Crippen LogP contribution in [0.1, 0.15) is 31.4 Å². The maximum atomic E-state index is 6.04. The summed E-state index contributed by atoms with van der Waals surface area (Å²) < 4.78 is 5.77. The van der Waals surface area contributed by atoms with Crippen LogP contribution in [0, 0.1) is 0 Å². The van der Waals surface area contributed by atoms with Gasteiger partial charge in [-0.25, -0.2) is 0 Å². The molecule has 1 aromatic carbocycles. The molecular formula is C13H21NOS. The van der Waals surface area contributed by atoms with E-state index in [9.17, 15) is 0 Å². The first-order valence-corrected chi connectivity index (χ1v) is 7.15. The van der Waals surface area contributed by atoms with Gasteiger partial charge in [0, 0.05) is 11.6 Å². The van der Waals surface area contributed by atoms with Gasteiger partial charge in [0.05, 0.1) is 6.61 Å².